The molecule has 0 heterocycles. The van der Waals surface area contributed by atoms with Crippen molar-refractivity contribution < 1.29 is 139 Å². The molecule has 56 heavy (non-hydrogen) atoms. The van der Waals surface area contributed by atoms with E-state index in [0.29, 0.717) is 5.69 Å². The van der Waals surface area contributed by atoms with Gasteiger partial charge in [0.2, 0.25) is 11.6 Å². The quantitative estimate of drug-likeness (QED) is 0.0696. The first-order valence-corrected chi connectivity index (χ1v) is 17.8. The number of benzene rings is 4. The molecular weight excluding hydrogens is 802 g/mol. The molecular formula is C34H21N6Na3O11S2. The number of hydrazone groups is 2. The summed E-state index contributed by atoms with van der Waals surface area (Å²) in [5.41, 5.74) is 4.10. The molecule has 17 nitrogen and oxygen atoms in total. The van der Waals surface area contributed by atoms with Crippen molar-refractivity contribution in [3.05, 3.63) is 129 Å². The number of carboxylic acid groups (broad SMARTS) is 1. The fraction of sp³-hybridized carbons (Fsp3) is 0. The second-order valence-corrected chi connectivity index (χ2v) is 13.8. The Balaban J connectivity index is 0.00000280. The second kappa shape index (κ2) is 19.1. The monoisotopic (exact) mass is 822 g/mol. The molecule has 4 aromatic carbocycles. The van der Waals surface area contributed by atoms with Gasteiger partial charge in [-0.1, -0.05) is 30.3 Å². The van der Waals surface area contributed by atoms with Crippen molar-refractivity contribution >= 4 is 90.1 Å². The van der Waals surface area contributed by atoms with Gasteiger partial charge in [0, 0.05) is 22.5 Å². The molecule has 0 saturated carbocycles. The Morgan fingerprint density at radius 2 is 0.946 bits per heavy atom. The number of urea groups is 1. The van der Waals surface area contributed by atoms with Gasteiger partial charge in [-0.2, -0.15) is 10.2 Å². The third-order valence-electron chi connectivity index (χ3n) is 7.60. The molecule has 0 bridgehead atoms. The summed E-state index contributed by atoms with van der Waals surface area (Å²) in [5, 5.41) is 23.6. The summed E-state index contributed by atoms with van der Waals surface area (Å²) in [7, 11) is -10.4. The number of carbonyl (C=O) groups is 4. The predicted molar refractivity (Wildman–Crippen MR) is 189 cm³/mol. The third kappa shape index (κ3) is 10.8. The van der Waals surface area contributed by atoms with Gasteiger partial charge in [-0.05, 0) is 89.5 Å². The zero-order chi connectivity index (χ0) is 38.1. The van der Waals surface area contributed by atoms with Crippen molar-refractivity contribution in [1.82, 2.24) is 0 Å². The Hall–Kier alpha value is -3.80. The van der Waals surface area contributed by atoms with Crippen molar-refractivity contribution in [2.45, 2.75) is 0 Å². The number of aromatic carboxylic acids is 1. The van der Waals surface area contributed by atoms with Gasteiger partial charge in [-0.25, -0.2) is 21.6 Å². The van der Waals surface area contributed by atoms with Gasteiger partial charge in [-0.3, -0.25) is 20.4 Å². The zero-order valence-corrected chi connectivity index (χ0v) is 37.1. The minimum atomic E-state index is -5.26. The molecule has 0 fully saturated rings. The van der Waals surface area contributed by atoms with E-state index in [2.05, 4.69) is 31.7 Å². The van der Waals surface area contributed by atoms with Gasteiger partial charge < -0.3 is 29.6 Å². The Labute approximate surface area is 385 Å². The van der Waals surface area contributed by atoms with E-state index in [4.69, 9.17) is 0 Å². The first-order valence-electron chi connectivity index (χ1n) is 14.9. The summed E-state index contributed by atoms with van der Waals surface area (Å²) in [4.78, 5) is 48.5. The number of rotatable bonds is 9. The van der Waals surface area contributed by atoms with Crippen LogP contribution in [0.4, 0.5) is 27.5 Å². The summed E-state index contributed by atoms with van der Waals surface area (Å²) < 4.78 is 72.7. The fourth-order valence-corrected chi connectivity index (χ4v) is 6.45. The van der Waals surface area contributed by atoms with Gasteiger partial charge in [0.25, 0.3) is 0 Å². The van der Waals surface area contributed by atoms with E-state index in [0.717, 1.165) is 12.2 Å². The predicted octanol–water partition coefficient (Wildman–Crippen LogP) is -6.19. The van der Waals surface area contributed by atoms with Crippen LogP contribution in [0.5, 0.6) is 0 Å². The Morgan fingerprint density at radius 1 is 0.554 bits per heavy atom. The van der Waals surface area contributed by atoms with Crippen molar-refractivity contribution in [2.24, 2.45) is 10.2 Å². The number of Topliss-reactive ketones (excluding diaryl/α,β-unsaturated/α-hetero) is 2. The molecule has 4 aromatic rings. The van der Waals surface area contributed by atoms with E-state index in [1.54, 1.807) is 30.3 Å². The molecule has 0 radical (unpaired) electrons. The summed E-state index contributed by atoms with van der Waals surface area (Å²) in [5.74, 6) is -3.23. The first kappa shape index (κ1) is 46.6. The molecule has 0 atom stereocenters. The fourth-order valence-electron chi connectivity index (χ4n) is 5.15. The number of carboxylic acids is 1. The van der Waals surface area contributed by atoms with Crippen molar-refractivity contribution in [1.29, 1.82) is 0 Å². The molecule has 22 heteroatoms. The summed E-state index contributed by atoms with van der Waals surface area (Å²) >= 11 is 0. The van der Waals surface area contributed by atoms with Gasteiger partial charge >= 0.3 is 94.7 Å². The van der Waals surface area contributed by atoms with Gasteiger partial charge in [0.15, 0.2) is 0 Å². The van der Waals surface area contributed by atoms with Crippen LogP contribution in [0, 0.1) is 0 Å². The van der Waals surface area contributed by atoms with Crippen LogP contribution in [-0.2, 0) is 20.2 Å². The summed E-state index contributed by atoms with van der Waals surface area (Å²) in [6.45, 7) is 0. The standard InChI is InChI=1S/C34H24N6O11S2.3Na/c41-31-25-12-10-23(14-19(25)16-27(52(46,47)48)29(31)39-37-21-4-2-1-3-5-21)35-34(45)36-24-11-13-26-20(15-24)17-28(53(49,50)51)30(32(26)42)40-38-22-8-6-18(7-9-22)33(43)44;;;/h1-17,37-38H,(H,43,44)(H2,35,36,45)(H,46,47,48)(H,49,50,51);;;/q;3*+1/p-3/b39-29-,40-30-;;;. The molecule has 2 aliphatic carbocycles. The van der Waals surface area contributed by atoms with Crippen LogP contribution in [0.3, 0.4) is 0 Å². The number of ketones is 2. The van der Waals surface area contributed by atoms with E-state index < -0.39 is 65.0 Å². The van der Waals surface area contributed by atoms with E-state index in [1.807, 2.05) is 0 Å². The van der Waals surface area contributed by atoms with E-state index in [1.165, 1.54) is 60.7 Å². The number of fused-ring (bicyclic) bond motifs is 2. The molecule has 0 saturated heterocycles. The van der Waals surface area contributed by atoms with Gasteiger partial charge in [-0.15, -0.1) is 0 Å². The van der Waals surface area contributed by atoms with Crippen molar-refractivity contribution in [3.8, 4) is 0 Å². The Bertz CT molecular complexity index is 2600. The average Bonchev–Trinajstić information content (AvgIpc) is 3.10. The summed E-state index contributed by atoms with van der Waals surface area (Å²) in [6, 6.07) is 20.0. The number of amides is 2. The van der Waals surface area contributed by atoms with Crippen LogP contribution in [0.2, 0.25) is 0 Å². The largest absolute Gasteiger partial charge is 1.00 e. The average molecular weight is 823 g/mol. The molecule has 2 amide bonds. The molecule has 0 aromatic heterocycles. The number of hydrogen-bond acceptors (Lipinski definition) is 15. The van der Waals surface area contributed by atoms with Crippen molar-refractivity contribution in [2.75, 3.05) is 21.5 Å². The van der Waals surface area contributed by atoms with Crippen LogP contribution in [-0.4, -0.2) is 60.9 Å². The van der Waals surface area contributed by atoms with E-state index in [9.17, 15) is 50.2 Å². The smallest absolute Gasteiger partial charge is 0.744 e. The minimum absolute atomic E-state index is 0. The van der Waals surface area contributed by atoms with Crippen LogP contribution >= 0.6 is 0 Å². The number of nitrogens with one attached hydrogen (secondary N) is 4. The van der Waals surface area contributed by atoms with E-state index >= 15 is 0 Å². The van der Waals surface area contributed by atoms with Gasteiger partial charge in [0.05, 0.1) is 27.2 Å². The maximum Gasteiger partial charge on any atom is 1.00 e. The zero-order valence-electron chi connectivity index (χ0n) is 29.5. The van der Waals surface area contributed by atoms with Crippen LogP contribution in [0.1, 0.15) is 42.2 Å². The normalized spacial score (nSPS) is 14.7. The number of carbonyl (C=O) groups excluding carboxylic acids is 4. The first-order chi connectivity index (χ1) is 25.1. The molecule has 4 N–H and O–H groups in total. The molecule has 0 unspecified atom stereocenters. The van der Waals surface area contributed by atoms with Crippen LogP contribution in [0.25, 0.3) is 12.2 Å². The second-order valence-electron chi connectivity index (χ2n) is 11.1. The molecule has 0 aliphatic heterocycles. The number of para-hydroxylation sites is 1. The Kier molecular flexibility index (Phi) is 15.9. The number of allylic oxidation sites excluding steroid dienone is 2. The SMILES string of the molecule is O=C(Nc1ccc2c(c1)C=C(S(=O)(=O)[O-])/C(=N/Nc1ccccc1)C2=O)Nc1ccc2c(c1)C=C(S(=O)(=O)[O-])/C(=N/Nc1ccc(C(=O)[O-])cc1)C2=O.[Na+].[Na+].[Na+]. The molecule has 2 aliphatic rings. The maximum atomic E-state index is 13.3. The number of anilines is 4. The minimum Gasteiger partial charge on any atom is -0.744 e. The van der Waals surface area contributed by atoms with Crippen LogP contribution < -0.4 is 115 Å². The molecule has 6 rings (SSSR count). The van der Waals surface area contributed by atoms with Crippen molar-refractivity contribution in [3.63, 3.8) is 0 Å². The topological polar surface area (TPSA) is 279 Å². The van der Waals surface area contributed by atoms with Crippen LogP contribution in [0.15, 0.2) is 111 Å². The number of nitrogens with zero attached hydrogens (tertiary/aromatic N) is 2. The van der Waals surface area contributed by atoms with Gasteiger partial charge in [0.1, 0.15) is 31.7 Å². The maximum absolute atomic E-state index is 13.3. The molecule has 268 valence electrons. The molecule has 0 spiro atoms. The summed E-state index contributed by atoms with van der Waals surface area (Å²) in [6.07, 6.45) is 1.87. The third-order valence-corrected chi connectivity index (χ3v) is 9.30. The van der Waals surface area contributed by atoms with E-state index in [-0.39, 0.29) is 134 Å². The number of hydrogen-bond donors (Lipinski definition) is 4. The Morgan fingerprint density at radius 3 is 1.34 bits per heavy atom.